The Morgan fingerprint density at radius 3 is 2.34 bits per heavy atom. The third-order valence-electron chi connectivity index (χ3n) is 4.63. The normalized spacial score (nSPS) is 12.1. The summed E-state index contributed by atoms with van der Waals surface area (Å²) in [6.07, 6.45) is 0.685. The molecule has 0 saturated carbocycles. The molecule has 2 aromatic carbocycles. The molecule has 6 nitrogen and oxygen atoms in total. The summed E-state index contributed by atoms with van der Waals surface area (Å²) in [5.41, 5.74) is 3.45. The van der Waals surface area contributed by atoms with E-state index in [1.165, 1.54) is 11.8 Å². The van der Waals surface area contributed by atoms with Gasteiger partial charge in [0.1, 0.15) is 5.25 Å². The minimum atomic E-state index is -0.505. The third kappa shape index (κ3) is 5.25. The van der Waals surface area contributed by atoms with E-state index < -0.39 is 5.25 Å². The van der Waals surface area contributed by atoms with Crippen LogP contribution in [0.2, 0.25) is 0 Å². The molecule has 29 heavy (non-hydrogen) atoms. The van der Waals surface area contributed by atoms with Crippen LogP contribution in [-0.4, -0.2) is 34.3 Å². The van der Waals surface area contributed by atoms with Gasteiger partial charge in [-0.25, -0.2) is 9.89 Å². The Morgan fingerprint density at radius 1 is 1.10 bits per heavy atom. The standard InChI is InChI=1S/C22H25N3O3S/c1-15-5-9-17(10-6-15)19(26)20(18-11-7-16(2)8-12-18)29-22-24-23-21(27)25(22)13-4-14-28-3/h5-12,20H,4,13-14H2,1-3H3,(H,23,27). The van der Waals surface area contributed by atoms with Crippen LogP contribution >= 0.6 is 11.8 Å². The highest BCUT2D eigenvalue weighted by atomic mass is 32.2. The van der Waals surface area contributed by atoms with Gasteiger partial charge in [-0.1, -0.05) is 71.4 Å². The number of H-pyrrole nitrogens is 1. The molecule has 152 valence electrons. The Balaban J connectivity index is 1.94. The van der Waals surface area contributed by atoms with Crippen LogP contribution in [0.25, 0.3) is 0 Å². The smallest absolute Gasteiger partial charge is 0.343 e. The van der Waals surface area contributed by atoms with Crippen molar-refractivity contribution >= 4 is 17.5 Å². The van der Waals surface area contributed by atoms with Crippen molar-refractivity contribution in [3.63, 3.8) is 0 Å². The Kier molecular flexibility index (Phi) is 7.06. The van der Waals surface area contributed by atoms with Gasteiger partial charge in [-0.2, -0.15) is 0 Å². The van der Waals surface area contributed by atoms with Gasteiger partial charge in [0, 0.05) is 25.8 Å². The molecule has 0 aliphatic rings. The van der Waals surface area contributed by atoms with Crippen LogP contribution in [0.15, 0.2) is 58.5 Å². The number of methoxy groups -OCH3 is 1. The summed E-state index contributed by atoms with van der Waals surface area (Å²) >= 11 is 1.29. The summed E-state index contributed by atoms with van der Waals surface area (Å²) in [5.74, 6) is -0.0160. The number of carbonyl (C=O) groups excluding carboxylic acids is 1. The number of ether oxygens (including phenoxy) is 1. The van der Waals surface area contributed by atoms with Gasteiger partial charge < -0.3 is 4.74 Å². The maximum atomic E-state index is 13.4. The van der Waals surface area contributed by atoms with E-state index in [4.69, 9.17) is 4.74 Å². The number of rotatable bonds is 9. The first-order valence-corrected chi connectivity index (χ1v) is 10.4. The van der Waals surface area contributed by atoms with Crippen molar-refractivity contribution < 1.29 is 9.53 Å². The SMILES string of the molecule is COCCCn1c(SC(C(=O)c2ccc(C)cc2)c2ccc(C)cc2)n[nH]c1=O. The average Bonchev–Trinajstić information content (AvgIpc) is 3.07. The second kappa shape index (κ2) is 9.71. The zero-order valence-electron chi connectivity index (χ0n) is 16.8. The Bertz CT molecular complexity index is 1010. The highest BCUT2D eigenvalue weighted by molar-refractivity contribution is 8.00. The van der Waals surface area contributed by atoms with Crippen molar-refractivity contribution in [1.82, 2.24) is 14.8 Å². The predicted molar refractivity (Wildman–Crippen MR) is 115 cm³/mol. The van der Waals surface area contributed by atoms with Crippen LogP contribution in [0.3, 0.4) is 0 Å². The highest BCUT2D eigenvalue weighted by Gasteiger charge is 2.26. The summed E-state index contributed by atoms with van der Waals surface area (Å²) in [6, 6.07) is 15.4. The number of nitrogens with zero attached hydrogens (tertiary/aromatic N) is 2. The third-order valence-corrected chi connectivity index (χ3v) is 5.88. The maximum Gasteiger partial charge on any atom is 0.343 e. The molecule has 3 aromatic rings. The number of ketones is 1. The van der Waals surface area contributed by atoms with E-state index in [9.17, 15) is 9.59 Å². The lowest BCUT2D eigenvalue weighted by atomic mass is 10.0. The summed E-state index contributed by atoms with van der Waals surface area (Å²) in [5, 5.41) is 6.66. The van der Waals surface area contributed by atoms with Crippen molar-refractivity contribution in [3.05, 3.63) is 81.3 Å². The molecule has 0 aliphatic carbocycles. The van der Waals surface area contributed by atoms with Crippen LogP contribution in [0.1, 0.15) is 38.7 Å². The summed E-state index contributed by atoms with van der Waals surface area (Å²) in [4.78, 5) is 25.5. The number of aryl methyl sites for hydroxylation is 2. The Hall–Kier alpha value is -2.64. The van der Waals surface area contributed by atoms with Gasteiger partial charge in [0.15, 0.2) is 10.9 Å². The van der Waals surface area contributed by atoms with E-state index in [-0.39, 0.29) is 11.5 Å². The number of carbonyl (C=O) groups is 1. The van der Waals surface area contributed by atoms with Crippen LogP contribution < -0.4 is 5.69 Å². The number of hydrogen-bond donors (Lipinski definition) is 1. The van der Waals surface area contributed by atoms with E-state index in [0.717, 1.165) is 16.7 Å². The highest BCUT2D eigenvalue weighted by Crippen LogP contribution is 2.36. The Morgan fingerprint density at radius 2 is 1.72 bits per heavy atom. The van der Waals surface area contributed by atoms with Gasteiger partial charge >= 0.3 is 5.69 Å². The average molecular weight is 412 g/mol. The molecular formula is C22H25N3O3S. The zero-order chi connectivity index (χ0) is 20.8. The minimum Gasteiger partial charge on any atom is -0.385 e. The largest absolute Gasteiger partial charge is 0.385 e. The minimum absolute atomic E-state index is 0.0160. The van der Waals surface area contributed by atoms with Gasteiger partial charge in [0.25, 0.3) is 0 Å². The predicted octanol–water partition coefficient (Wildman–Crippen LogP) is 3.94. The van der Waals surface area contributed by atoms with Gasteiger partial charge in [-0.3, -0.25) is 9.36 Å². The van der Waals surface area contributed by atoms with E-state index in [1.807, 2.05) is 62.4 Å². The molecule has 1 aromatic heterocycles. The lowest BCUT2D eigenvalue weighted by Gasteiger charge is -2.16. The number of hydrogen-bond acceptors (Lipinski definition) is 5. The van der Waals surface area contributed by atoms with E-state index in [0.29, 0.717) is 30.3 Å². The molecule has 0 spiro atoms. The number of nitrogens with one attached hydrogen (secondary N) is 1. The molecule has 7 heteroatoms. The quantitative estimate of drug-likeness (QED) is 0.328. The Labute approximate surface area is 174 Å². The van der Waals surface area contributed by atoms with Crippen molar-refractivity contribution in [1.29, 1.82) is 0 Å². The molecule has 1 heterocycles. The number of thioether (sulfide) groups is 1. The molecule has 3 rings (SSSR count). The molecule has 1 N–H and O–H groups in total. The second-order valence-electron chi connectivity index (χ2n) is 6.95. The molecule has 1 atom stereocenters. The van der Waals surface area contributed by atoms with Gasteiger partial charge in [0.05, 0.1) is 0 Å². The van der Waals surface area contributed by atoms with Crippen molar-refractivity contribution in [3.8, 4) is 0 Å². The topological polar surface area (TPSA) is 77.0 Å². The van der Waals surface area contributed by atoms with Crippen LogP contribution in [0.4, 0.5) is 0 Å². The lowest BCUT2D eigenvalue weighted by molar-refractivity contribution is 0.0989. The summed E-state index contributed by atoms with van der Waals surface area (Å²) in [7, 11) is 1.63. The first-order valence-electron chi connectivity index (χ1n) is 9.48. The molecule has 0 fully saturated rings. The van der Waals surface area contributed by atoms with Crippen LogP contribution in [0.5, 0.6) is 0 Å². The van der Waals surface area contributed by atoms with Gasteiger partial charge in [-0.05, 0) is 25.8 Å². The summed E-state index contributed by atoms with van der Waals surface area (Å²) < 4.78 is 6.64. The summed E-state index contributed by atoms with van der Waals surface area (Å²) in [6.45, 7) is 5.02. The molecule has 1 unspecified atom stereocenters. The number of aromatic nitrogens is 3. The molecule has 0 saturated heterocycles. The van der Waals surface area contributed by atoms with Crippen LogP contribution in [0, 0.1) is 13.8 Å². The van der Waals surface area contributed by atoms with Crippen molar-refractivity contribution in [2.75, 3.05) is 13.7 Å². The molecule has 0 radical (unpaired) electrons. The molecular weight excluding hydrogens is 386 g/mol. The lowest BCUT2D eigenvalue weighted by Crippen LogP contribution is -2.19. The molecule has 0 aliphatic heterocycles. The fourth-order valence-electron chi connectivity index (χ4n) is 2.95. The van der Waals surface area contributed by atoms with Gasteiger partial charge in [-0.15, -0.1) is 5.10 Å². The first-order chi connectivity index (χ1) is 14.0. The maximum absolute atomic E-state index is 13.4. The van der Waals surface area contributed by atoms with Crippen molar-refractivity contribution in [2.45, 2.75) is 37.2 Å². The number of benzene rings is 2. The number of aromatic amines is 1. The fraction of sp³-hybridized carbons (Fsp3) is 0.318. The zero-order valence-corrected chi connectivity index (χ0v) is 17.7. The van der Waals surface area contributed by atoms with E-state index in [1.54, 1.807) is 11.7 Å². The number of Topliss-reactive ketones (excluding diaryl/α,β-unsaturated/α-hetero) is 1. The fourth-order valence-corrected chi connectivity index (χ4v) is 4.09. The van der Waals surface area contributed by atoms with Crippen molar-refractivity contribution in [2.24, 2.45) is 0 Å². The monoisotopic (exact) mass is 411 g/mol. The first kappa shape index (κ1) is 21.1. The molecule has 0 bridgehead atoms. The van der Waals surface area contributed by atoms with Gasteiger partial charge in [0.2, 0.25) is 0 Å². The van der Waals surface area contributed by atoms with E-state index >= 15 is 0 Å². The molecule has 0 amide bonds. The van der Waals surface area contributed by atoms with E-state index in [2.05, 4.69) is 10.2 Å². The van der Waals surface area contributed by atoms with Crippen LogP contribution in [-0.2, 0) is 11.3 Å². The second-order valence-corrected chi connectivity index (χ2v) is 8.02.